The third-order valence-corrected chi connectivity index (χ3v) is 6.47. The highest BCUT2D eigenvalue weighted by Gasteiger charge is 2.39. The first kappa shape index (κ1) is 27.1. The van der Waals surface area contributed by atoms with Gasteiger partial charge in [0.15, 0.2) is 0 Å². The summed E-state index contributed by atoms with van der Waals surface area (Å²) in [7, 11) is 0. The van der Waals surface area contributed by atoms with Gasteiger partial charge in [-0.2, -0.15) is 0 Å². The summed E-state index contributed by atoms with van der Waals surface area (Å²) < 4.78 is 6.02. The zero-order valence-electron chi connectivity index (χ0n) is 20.3. The maximum absolute atomic E-state index is 13.0. The predicted octanol–water partition coefficient (Wildman–Crippen LogP) is 6.09. The van der Waals surface area contributed by atoms with Crippen molar-refractivity contribution in [3.05, 3.63) is 99.1 Å². The Morgan fingerprint density at radius 2 is 1.58 bits per heavy atom. The molecule has 3 aromatic carbocycles. The van der Waals surface area contributed by atoms with E-state index in [4.69, 9.17) is 16.3 Å². The molecule has 0 radical (unpaired) electrons. The molecular weight excluding hydrogens is 574 g/mol. The van der Waals surface area contributed by atoms with Crippen molar-refractivity contribution in [3.63, 3.8) is 0 Å². The number of rotatable bonds is 9. The van der Waals surface area contributed by atoms with Crippen LogP contribution in [0.3, 0.4) is 0 Å². The molecule has 1 heterocycles. The summed E-state index contributed by atoms with van der Waals surface area (Å²) in [4.78, 5) is 51.8. The first-order valence-electron chi connectivity index (χ1n) is 11.8. The number of halogens is 2. The number of carbonyl (C=O) groups excluding carboxylic acids is 4. The molecule has 38 heavy (non-hydrogen) atoms. The lowest BCUT2D eigenvalue weighted by molar-refractivity contribution is -0.120. The number of hydrogen-bond donors (Lipinski definition) is 2. The summed E-state index contributed by atoms with van der Waals surface area (Å²) in [6.07, 6.45) is 1.69. The molecule has 0 bridgehead atoms. The smallest absolute Gasteiger partial charge is 0.338 e. The van der Waals surface area contributed by atoms with Crippen LogP contribution < -0.4 is 15.5 Å². The molecule has 0 atom stereocenters. The molecule has 1 aliphatic rings. The minimum absolute atomic E-state index is 0.0913. The first-order chi connectivity index (χ1) is 18.3. The van der Waals surface area contributed by atoms with Gasteiger partial charge < -0.3 is 15.4 Å². The van der Waals surface area contributed by atoms with Gasteiger partial charge in [-0.25, -0.2) is 9.69 Å². The molecule has 0 fully saturated rings. The fourth-order valence-electron chi connectivity index (χ4n) is 3.64. The van der Waals surface area contributed by atoms with Crippen LogP contribution in [0.5, 0.6) is 0 Å². The second-order valence-corrected chi connectivity index (χ2v) is 9.63. The monoisotopic (exact) mass is 595 g/mol. The quantitative estimate of drug-likeness (QED) is 0.176. The number of hydrogen-bond acceptors (Lipinski definition) is 6. The number of unbranched alkanes of at least 4 members (excludes halogenated alkanes) is 1. The lowest BCUT2D eigenvalue weighted by atomic mass is 10.1. The number of ether oxygens (including phenoxy) is 1. The number of imide groups is 1. The Labute approximate surface area is 232 Å². The lowest BCUT2D eigenvalue weighted by Crippen LogP contribution is -2.32. The Kier molecular flexibility index (Phi) is 8.60. The molecule has 0 aromatic heterocycles. The zero-order valence-corrected chi connectivity index (χ0v) is 22.6. The van der Waals surface area contributed by atoms with E-state index in [1.807, 2.05) is 6.92 Å². The topological polar surface area (TPSA) is 105 Å². The summed E-state index contributed by atoms with van der Waals surface area (Å²) in [6.45, 7) is 2.34. The van der Waals surface area contributed by atoms with Crippen LogP contribution in [0.2, 0.25) is 0 Å². The number of anilines is 3. The van der Waals surface area contributed by atoms with Crippen molar-refractivity contribution in [2.45, 2.75) is 19.8 Å². The van der Waals surface area contributed by atoms with Gasteiger partial charge in [0.2, 0.25) is 0 Å². The van der Waals surface area contributed by atoms with Crippen molar-refractivity contribution < 1.29 is 23.9 Å². The molecule has 0 saturated carbocycles. The lowest BCUT2D eigenvalue weighted by Gasteiger charge is -2.15. The Balaban J connectivity index is 1.46. The third-order valence-electron chi connectivity index (χ3n) is 5.59. The van der Waals surface area contributed by atoms with Gasteiger partial charge in [-0.3, -0.25) is 14.4 Å². The summed E-state index contributed by atoms with van der Waals surface area (Å²) >= 11 is 9.54. The Hall–Kier alpha value is -3.95. The zero-order chi connectivity index (χ0) is 27.2. The Morgan fingerprint density at radius 3 is 2.29 bits per heavy atom. The molecule has 194 valence electrons. The van der Waals surface area contributed by atoms with Crippen molar-refractivity contribution in [1.29, 1.82) is 0 Å². The van der Waals surface area contributed by atoms with Crippen LogP contribution in [0.1, 0.15) is 40.5 Å². The van der Waals surface area contributed by atoms with Gasteiger partial charge in [0.05, 0.1) is 17.9 Å². The predicted molar refractivity (Wildman–Crippen MR) is 149 cm³/mol. The van der Waals surface area contributed by atoms with Gasteiger partial charge in [-0.15, -0.1) is 0 Å². The van der Waals surface area contributed by atoms with Crippen molar-refractivity contribution in [3.8, 4) is 0 Å². The van der Waals surface area contributed by atoms with E-state index in [-0.39, 0.29) is 16.3 Å². The molecule has 0 unspecified atom stereocenters. The van der Waals surface area contributed by atoms with E-state index in [0.29, 0.717) is 29.2 Å². The van der Waals surface area contributed by atoms with Crippen molar-refractivity contribution in [1.82, 2.24) is 0 Å². The second-order valence-electron chi connectivity index (χ2n) is 8.34. The van der Waals surface area contributed by atoms with E-state index < -0.39 is 23.7 Å². The largest absolute Gasteiger partial charge is 0.462 e. The average molecular weight is 597 g/mol. The maximum atomic E-state index is 13.0. The van der Waals surface area contributed by atoms with Crippen molar-refractivity contribution in [2.75, 3.05) is 22.1 Å². The molecule has 2 N–H and O–H groups in total. The fraction of sp³-hybridized carbons (Fsp3) is 0.143. The number of nitrogens with one attached hydrogen (secondary N) is 2. The average Bonchev–Trinajstić information content (AvgIpc) is 3.12. The van der Waals surface area contributed by atoms with Gasteiger partial charge >= 0.3 is 5.97 Å². The van der Waals surface area contributed by atoms with E-state index in [1.165, 1.54) is 6.07 Å². The van der Waals surface area contributed by atoms with Crippen LogP contribution in [-0.2, 0) is 14.3 Å². The highest BCUT2D eigenvalue weighted by atomic mass is 79.9. The third kappa shape index (κ3) is 6.12. The molecule has 0 spiro atoms. The maximum Gasteiger partial charge on any atom is 0.338 e. The minimum atomic E-state index is -0.650. The molecule has 0 aliphatic carbocycles. The van der Waals surface area contributed by atoms with Gasteiger partial charge in [0.1, 0.15) is 10.7 Å². The Bertz CT molecular complexity index is 1440. The van der Waals surface area contributed by atoms with Gasteiger partial charge in [0.25, 0.3) is 17.7 Å². The van der Waals surface area contributed by atoms with Crippen molar-refractivity contribution >= 4 is 68.3 Å². The SMILES string of the molecule is CCCCOC(=O)c1cccc(NC(=O)c2cccc(NC3=C(Cl)C(=O)N(c4ccc(Br)cc4)C3=O)c2)c1. The van der Waals surface area contributed by atoms with E-state index in [2.05, 4.69) is 26.6 Å². The summed E-state index contributed by atoms with van der Waals surface area (Å²) in [5.41, 5.74) is 1.71. The van der Waals surface area contributed by atoms with E-state index in [1.54, 1.807) is 66.7 Å². The number of carbonyl (C=O) groups is 4. The highest BCUT2D eigenvalue weighted by Crippen LogP contribution is 2.31. The number of amides is 3. The Morgan fingerprint density at radius 1 is 0.921 bits per heavy atom. The van der Waals surface area contributed by atoms with Crippen LogP contribution in [-0.4, -0.2) is 30.3 Å². The molecule has 3 amide bonds. The molecule has 10 heteroatoms. The van der Waals surface area contributed by atoms with Gasteiger partial charge in [0, 0.05) is 21.4 Å². The van der Waals surface area contributed by atoms with Crippen molar-refractivity contribution in [2.24, 2.45) is 0 Å². The molecular formula is C28H23BrClN3O5. The summed E-state index contributed by atoms with van der Waals surface area (Å²) in [5.74, 6) is -2.15. The van der Waals surface area contributed by atoms with E-state index in [0.717, 1.165) is 22.2 Å². The first-order valence-corrected chi connectivity index (χ1v) is 13.0. The fourth-order valence-corrected chi connectivity index (χ4v) is 4.12. The molecule has 8 nitrogen and oxygen atoms in total. The van der Waals surface area contributed by atoms with E-state index >= 15 is 0 Å². The second kappa shape index (κ2) is 12.1. The number of nitrogens with zero attached hydrogens (tertiary/aromatic N) is 1. The molecule has 0 saturated heterocycles. The van der Waals surface area contributed by atoms with Crippen LogP contribution in [0.4, 0.5) is 17.1 Å². The summed E-state index contributed by atoms with van der Waals surface area (Å²) in [5, 5.41) is 5.37. The van der Waals surface area contributed by atoms with Gasteiger partial charge in [-0.1, -0.05) is 53.0 Å². The highest BCUT2D eigenvalue weighted by molar-refractivity contribution is 9.10. The number of benzene rings is 3. The minimum Gasteiger partial charge on any atom is -0.462 e. The van der Waals surface area contributed by atoms with E-state index in [9.17, 15) is 19.2 Å². The molecule has 4 rings (SSSR count). The standard InChI is InChI=1S/C28H23BrClN3O5/c1-2-3-14-38-28(37)18-7-5-9-21(16-18)32-25(34)17-6-4-8-20(15-17)31-24-23(30)26(35)33(27(24)36)22-12-10-19(29)11-13-22/h4-13,15-16,31H,2-3,14H2,1H3,(H,32,34). The van der Waals surface area contributed by atoms with Crippen LogP contribution in [0.15, 0.2) is 88.0 Å². The normalized spacial score (nSPS) is 13.1. The summed E-state index contributed by atoms with van der Waals surface area (Å²) in [6, 6.07) is 19.5. The number of esters is 1. The molecule has 1 aliphatic heterocycles. The van der Waals surface area contributed by atoms with Crippen LogP contribution >= 0.6 is 27.5 Å². The van der Waals surface area contributed by atoms with Gasteiger partial charge in [-0.05, 0) is 67.1 Å². The molecule has 3 aromatic rings. The van der Waals surface area contributed by atoms with Crippen LogP contribution in [0.25, 0.3) is 0 Å². The van der Waals surface area contributed by atoms with Crippen LogP contribution in [0, 0.1) is 0 Å².